The number of nitrogens with zero attached hydrogens (tertiary/aromatic N) is 3. The summed E-state index contributed by atoms with van der Waals surface area (Å²) in [5.41, 5.74) is 0.693. The second-order valence-electron chi connectivity index (χ2n) is 4.37. The number of halogens is 1. The summed E-state index contributed by atoms with van der Waals surface area (Å²) in [6.07, 6.45) is 5.03. The van der Waals surface area contributed by atoms with Crippen molar-refractivity contribution in [1.82, 2.24) is 18.8 Å². The molecule has 0 fully saturated rings. The Morgan fingerprint density at radius 3 is 3.00 bits per heavy atom. The van der Waals surface area contributed by atoms with Gasteiger partial charge in [-0.05, 0) is 6.07 Å². The first-order valence-electron chi connectivity index (χ1n) is 5.84. The summed E-state index contributed by atoms with van der Waals surface area (Å²) in [6.45, 7) is 1.38. The van der Waals surface area contributed by atoms with Gasteiger partial charge in [0.15, 0.2) is 0 Å². The second kappa shape index (κ2) is 4.66. The van der Waals surface area contributed by atoms with Gasteiger partial charge in [0.1, 0.15) is 5.82 Å². The number of rotatable bonds is 3. The van der Waals surface area contributed by atoms with Gasteiger partial charge < -0.3 is 9.55 Å². The zero-order valence-corrected chi connectivity index (χ0v) is 11.7. The maximum atomic E-state index is 12.5. The van der Waals surface area contributed by atoms with Crippen LogP contribution >= 0.6 is 11.6 Å². The molecular formula is C11H13ClN4O2S. The molecule has 1 N–H and O–H groups in total. The lowest BCUT2D eigenvalue weighted by Crippen LogP contribution is -2.38. The Balaban J connectivity index is 1.89. The molecule has 1 aliphatic rings. The van der Waals surface area contributed by atoms with Gasteiger partial charge in [-0.15, -0.1) is 11.6 Å². The molecule has 0 saturated carbocycles. The highest BCUT2D eigenvalue weighted by Crippen LogP contribution is 2.21. The van der Waals surface area contributed by atoms with Crippen LogP contribution in [0.3, 0.4) is 0 Å². The molecule has 2 aromatic heterocycles. The number of hydrogen-bond acceptors (Lipinski definition) is 3. The molecule has 2 aromatic rings. The molecule has 0 bridgehead atoms. The Morgan fingerprint density at radius 2 is 2.26 bits per heavy atom. The van der Waals surface area contributed by atoms with E-state index < -0.39 is 10.0 Å². The minimum atomic E-state index is -3.48. The monoisotopic (exact) mass is 300 g/mol. The summed E-state index contributed by atoms with van der Waals surface area (Å²) in [7, 11) is -3.48. The van der Waals surface area contributed by atoms with Crippen molar-refractivity contribution in [2.45, 2.75) is 23.9 Å². The quantitative estimate of drug-likeness (QED) is 0.865. The molecule has 0 unspecified atom stereocenters. The molecule has 8 heteroatoms. The minimum absolute atomic E-state index is 0.253. The number of alkyl halides is 1. The number of hydrogen-bond donors (Lipinski definition) is 1. The van der Waals surface area contributed by atoms with Gasteiger partial charge in [-0.2, -0.15) is 4.31 Å². The van der Waals surface area contributed by atoms with Crippen LogP contribution in [0.25, 0.3) is 0 Å². The van der Waals surface area contributed by atoms with E-state index in [4.69, 9.17) is 11.6 Å². The molecule has 3 rings (SSSR count). The zero-order chi connectivity index (χ0) is 13.5. The van der Waals surface area contributed by atoms with Gasteiger partial charge in [-0.25, -0.2) is 13.4 Å². The molecule has 3 heterocycles. The van der Waals surface area contributed by atoms with E-state index >= 15 is 0 Å². The van der Waals surface area contributed by atoms with E-state index in [1.807, 2.05) is 10.8 Å². The van der Waals surface area contributed by atoms with Crippen LogP contribution in [-0.2, 0) is 29.0 Å². The molecule has 0 atom stereocenters. The fraction of sp³-hybridized carbons (Fsp3) is 0.364. The first kappa shape index (κ1) is 12.7. The van der Waals surface area contributed by atoms with Crippen molar-refractivity contribution >= 4 is 21.6 Å². The number of nitrogens with one attached hydrogen (secondary N) is 1. The molecule has 102 valence electrons. The van der Waals surface area contributed by atoms with Gasteiger partial charge in [0.2, 0.25) is 10.0 Å². The van der Waals surface area contributed by atoms with Gasteiger partial charge in [0.25, 0.3) is 0 Å². The Labute approximate surface area is 116 Å². The lowest BCUT2D eigenvalue weighted by atomic mass is 10.4. The number of aromatic amines is 1. The Kier molecular flexibility index (Phi) is 3.12. The summed E-state index contributed by atoms with van der Waals surface area (Å²) in [6, 6.07) is 1.57. The molecule has 0 aliphatic carbocycles. The van der Waals surface area contributed by atoms with Crippen molar-refractivity contribution in [2.24, 2.45) is 0 Å². The molecule has 0 saturated heterocycles. The summed E-state index contributed by atoms with van der Waals surface area (Å²) in [4.78, 5) is 7.27. The highest BCUT2D eigenvalue weighted by molar-refractivity contribution is 7.89. The number of imidazole rings is 1. The first-order chi connectivity index (χ1) is 9.11. The van der Waals surface area contributed by atoms with Crippen LogP contribution in [-0.4, -0.2) is 33.8 Å². The maximum absolute atomic E-state index is 12.5. The third-order valence-corrected chi connectivity index (χ3v) is 5.32. The van der Waals surface area contributed by atoms with Crippen LogP contribution < -0.4 is 0 Å². The molecule has 6 nitrogen and oxygen atoms in total. The van der Waals surface area contributed by atoms with E-state index in [0.29, 0.717) is 25.3 Å². The molecule has 0 aromatic carbocycles. The second-order valence-corrected chi connectivity index (χ2v) is 6.57. The van der Waals surface area contributed by atoms with Crippen molar-refractivity contribution in [3.05, 3.63) is 36.2 Å². The smallest absolute Gasteiger partial charge is 0.245 e. The number of aromatic nitrogens is 3. The number of H-pyrrole nitrogens is 1. The van der Waals surface area contributed by atoms with Gasteiger partial charge in [0.05, 0.1) is 17.3 Å². The van der Waals surface area contributed by atoms with Crippen LogP contribution in [0.5, 0.6) is 0 Å². The van der Waals surface area contributed by atoms with Gasteiger partial charge >= 0.3 is 0 Å². The standard InChI is InChI=1S/C11H13ClN4O2S/c12-6-9-5-10(7-14-9)19(17,18)16-4-3-15-2-1-13-11(15)8-16/h1-2,5,7,14H,3-4,6,8H2. The van der Waals surface area contributed by atoms with Crippen LogP contribution in [0.4, 0.5) is 0 Å². The van der Waals surface area contributed by atoms with Crippen LogP contribution in [0.1, 0.15) is 11.5 Å². The van der Waals surface area contributed by atoms with Crippen LogP contribution in [0.15, 0.2) is 29.6 Å². The third kappa shape index (κ3) is 2.18. The SMILES string of the molecule is O=S(=O)(c1c[nH]c(CCl)c1)N1CCn2ccnc2C1. The normalized spacial score (nSPS) is 16.5. The third-order valence-electron chi connectivity index (χ3n) is 3.21. The van der Waals surface area contributed by atoms with Gasteiger partial charge in [0, 0.05) is 37.4 Å². The van der Waals surface area contributed by atoms with E-state index in [1.54, 1.807) is 12.3 Å². The minimum Gasteiger partial charge on any atom is -0.363 e. The molecule has 0 spiro atoms. The van der Waals surface area contributed by atoms with Gasteiger partial charge in [-0.1, -0.05) is 0 Å². The van der Waals surface area contributed by atoms with Crippen molar-refractivity contribution in [2.75, 3.05) is 6.54 Å². The molecular weight excluding hydrogens is 288 g/mol. The van der Waals surface area contributed by atoms with E-state index in [9.17, 15) is 8.42 Å². The average Bonchev–Trinajstić information content (AvgIpc) is 3.06. The lowest BCUT2D eigenvalue weighted by Gasteiger charge is -2.26. The highest BCUT2D eigenvalue weighted by atomic mass is 35.5. The van der Waals surface area contributed by atoms with E-state index in [2.05, 4.69) is 9.97 Å². The lowest BCUT2D eigenvalue weighted by molar-refractivity contribution is 0.335. The number of sulfonamides is 1. The Bertz CT molecular complexity index is 691. The van der Waals surface area contributed by atoms with Crippen LogP contribution in [0.2, 0.25) is 0 Å². The summed E-state index contributed by atoms with van der Waals surface area (Å²) >= 11 is 5.68. The summed E-state index contributed by atoms with van der Waals surface area (Å²) < 4.78 is 28.4. The van der Waals surface area contributed by atoms with Crippen molar-refractivity contribution in [1.29, 1.82) is 0 Å². The Morgan fingerprint density at radius 1 is 1.42 bits per heavy atom. The van der Waals surface area contributed by atoms with Crippen molar-refractivity contribution in [3.63, 3.8) is 0 Å². The van der Waals surface area contributed by atoms with Gasteiger partial charge in [-0.3, -0.25) is 0 Å². The fourth-order valence-corrected chi connectivity index (χ4v) is 3.71. The average molecular weight is 301 g/mol. The van der Waals surface area contributed by atoms with Crippen molar-refractivity contribution in [3.8, 4) is 0 Å². The Hall–Kier alpha value is -1.31. The van der Waals surface area contributed by atoms with E-state index in [1.165, 1.54) is 10.5 Å². The zero-order valence-electron chi connectivity index (χ0n) is 10.1. The molecule has 19 heavy (non-hydrogen) atoms. The molecule has 1 aliphatic heterocycles. The molecule has 0 amide bonds. The highest BCUT2D eigenvalue weighted by Gasteiger charge is 2.29. The van der Waals surface area contributed by atoms with E-state index in [0.717, 1.165) is 5.82 Å². The summed E-state index contributed by atoms with van der Waals surface area (Å²) in [5.74, 6) is 1.03. The predicted octanol–water partition coefficient (Wildman–Crippen LogP) is 1.15. The van der Waals surface area contributed by atoms with Crippen LogP contribution in [0, 0.1) is 0 Å². The largest absolute Gasteiger partial charge is 0.363 e. The van der Waals surface area contributed by atoms with E-state index in [-0.39, 0.29) is 10.8 Å². The predicted molar refractivity (Wildman–Crippen MR) is 70.2 cm³/mol. The molecule has 0 radical (unpaired) electrons. The topological polar surface area (TPSA) is 71.0 Å². The fourth-order valence-electron chi connectivity index (χ4n) is 2.15. The summed E-state index contributed by atoms with van der Waals surface area (Å²) in [5, 5.41) is 0. The maximum Gasteiger partial charge on any atom is 0.245 e. The first-order valence-corrected chi connectivity index (χ1v) is 7.82. The number of fused-ring (bicyclic) bond motifs is 1. The van der Waals surface area contributed by atoms with Crippen molar-refractivity contribution < 1.29 is 8.42 Å².